The third kappa shape index (κ3) is 4.94. The Hall–Kier alpha value is -1.76. The number of nitrogens with zero attached hydrogens (tertiary/aromatic N) is 3. The third-order valence-corrected chi connectivity index (χ3v) is 6.55. The molecule has 144 valence electrons. The van der Waals surface area contributed by atoms with Crippen LogP contribution in [0, 0.1) is 5.92 Å². The number of nitrogens with one attached hydrogen (secondary N) is 1. The lowest BCUT2D eigenvalue weighted by atomic mass is 9.93. The van der Waals surface area contributed by atoms with Gasteiger partial charge in [-0.1, -0.05) is 37.3 Å². The number of piperazine rings is 1. The maximum atomic E-state index is 12.4. The summed E-state index contributed by atoms with van der Waals surface area (Å²) >= 11 is 1.66. The van der Waals surface area contributed by atoms with Crippen molar-refractivity contribution in [2.75, 3.05) is 38.0 Å². The van der Waals surface area contributed by atoms with Gasteiger partial charge in [-0.2, -0.15) is 0 Å². The zero-order valence-electron chi connectivity index (χ0n) is 16.0. The lowest BCUT2D eigenvalue weighted by Crippen LogP contribution is -2.48. The normalized spacial score (nSPS) is 21.0. The van der Waals surface area contributed by atoms with Gasteiger partial charge in [-0.15, -0.1) is 11.3 Å². The first-order valence-electron chi connectivity index (χ1n) is 9.93. The Morgan fingerprint density at radius 3 is 2.70 bits per heavy atom. The summed E-state index contributed by atoms with van der Waals surface area (Å²) in [5.74, 6) is 0.791. The minimum Gasteiger partial charge on any atom is -0.301 e. The highest BCUT2D eigenvalue weighted by Crippen LogP contribution is 2.32. The fourth-order valence-corrected chi connectivity index (χ4v) is 5.09. The molecule has 2 aliphatic rings. The van der Waals surface area contributed by atoms with Crippen molar-refractivity contribution in [3.8, 4) is 0 Å². The molecule has 1 N–H and O–H groups in total. The second kappa shape index (κ2) is 8.50. The number of fused-ring (bicyclic) bond motifs is 1. The number of amides is 1. The summed E-state index contributed by atoms with van der Waals surface area (Å²) in [4.78, 5) is 23.1. The second-order valence-electron chi connectivity index (χ2n) is 7.82. The number of hydrogen-bond donors (Lipinski definition) is 1. The van der Waals surface area contributed by atoms with Crippen LogP contribution in [0.1, 0.15) is 29.5 Å². The van der Waals surface area contributed by atoms with Crippen LogP contribution in [-0.2, 0) is 24.2 Å². The quantitative estimate of drug-likeness (QED) is 0.861. The van der Waals surface area contributed by atoms with Crippen LogP contribution in [0.15, 0.2) is 30.3 Å². The Labute approximate surface area is 165 Å². The van der Waals surface area contributed by atoms with Gasteiger partial charge in [0.15, 0.2) is 5.13 Å². The van der Waals surface area contributed by atoms with Gasteiger partial charge in [-0.05, 0) is 30.7 Å². The molecule has 0 radical (unpaired) electrons. The topological polar surface area (TPSA) is 48.5 Å². The molecule has 0 unspecified atom stereocenters. The Morgan fingerprint density at radius 1 is 1.19 bits per heavy atom. The zero-order valence-corrected chi connectivity index (χ0v) is 16.8. The van der Waals surface area contributed by atoms with Crippen LogP contribution in [-0.4, -0.2) is 53.4 Å². The van der Waals surface area contributed by atoms with Crippen molar-refractivity contribution in [2.45, 2.75) is 32.7 Å². The van der Waals surface area contributed by atoms with Crippen LogP contribution in [0.4, 0.5) is 5.13 Å². The maximum absolute atomic E-state index is 12.4. The van der Waals surface area contributed by atoms with Gasteiger partial charge in [-0.3, -0.25) is 14.6 Å². The molecular formula is C21H28N4OS. The Bertz CT molecular complexity index is 768. The summed E-state index contributed by atoms with van der Waals surface area (Å²) < 4.78 is 0. The monoisotopic (exact) mass is 384 g/mol. The molecule has 0 saturated carbocycles. The van der Waals surface area contributed by atoms with Crippen molar-refractivity contribution >= 4 is 22.4 Å². The Kier molecular flexibility index (Phi) is 5.86. The number of aryl methyl sites for hydroxylation is 1. The molecule has 1 aromatic heterocycles. The third-order valence-electron chi connectivity index (χ3n) is 5.51. The first kappa shape index (κ1) is 18.6. The number of carbonyl (C=O) groups is 1. The number of hydrogen-bond acceptors (Lipinski definition) is 5. The van der Waals surface area contributed by atoms with Crippen molar-refractivity contribution in [1.82, 2.24) is 14.8 Å². The van der Waals surface area contributed by atoms with E-state index in [2.05, 4.69) is 57.4 Å². The molecule has 5 nitrogen and oxygen atoms in total. The number of thiazole rings is 1. The van der Waals surface area contributed by atoms with Crippen LogP contribution in [0.3, 0.4) is 0 Å². The molecule has 2 heterocycles. The van der Waals surface area contributed by atoms with Gasteiger partial charge in [-0.25, -0.2) is 4.98 Å². The second-order valence-corrected chi connectivity index (χ2v) is 8.91. The molecule has 1 amide bonds. The summed E-state index contributed by atoms with van der Waals surface area (Å²) in [5.41, 5.74) is 2.55. The lowest BCUT2D eigenvalue weighted by molar-refractivity contribution is -0.117. The van der Waals surface area contributed by atoms with Crippen molar-refractivity contribution in [3.63, 3.8) is 0 Å². The van der Waals surface area contributed by atoms with Gasteiger partial charge in [0.2, 0.25) is 5.91 Å². The summed E-state index contributed by atoms with van der Waals surface area (Å²) in [6, 6.07) is 10.6. The van der Waals surface area contributed by atoms with Gasteiger partial charge >= 0.3 is 0 Å². The number of anilines is 1. The molecule has 2 aromatic rings. The minimum atomic E-state index is 0.0608. The molecule has 27 heavy (non-hydrogen) atoms. The van der Waals surface area contributed by atoms with E-state index in [1.165, 1.54) is 22.6 Å². The highest BCUT2D eigenvalue weighted by atomic mass is 32.1. The van der Waals surface area contributed by atoms with Crippen LogP contribution in [0.25, 0.3) is 0 Å². The summed E-state index contributed by atoms with van der Waals surface area (Å²) in [6.07, 6.45) is 3.36. The average molecular weight is 385 g/mol. The van der Waals surface area contributed by atoms with E-state index in [4.69, 9.17) is 0 Å². The van der Waals surface area contributed by atoms with E-state index in [-0.39, 0.29) is 5.91 Å². The number of benzene rings is 1. The van der Waals surface area contributed by atoms with Crippen LogP contribution >= 0.6 is 11.3 Å². The van der Waals surface area contributed by atoms with E-state index in [1.54, 1.807) is 11.3 Å². The molecule has 1 aliphatic carbocycles. The SMILES string of the molecule is C[C@@H]1CCc2nc(NC(=O)CN3CCN(Cc4ccccc4)CC3)sc2C1. The molecule has 1 fully saturated rings. The Balaban J connectivity index is 1.23. The molecule has 1 saturated heterocycles. The first-order chi connectivity index (χ1) is 13.2. The van der Waals surface area contributed by atoms with E-state index < -0.39 is 0 Å². The van der Waals surface area contributed by atoms with Gasteiger partial charge in [0.25, 0.3) is 0 Å². The van der Waals surface area contributed by atoms with Gasteiger partial charge in [0.1, 0.15) is 0 Å². The van der Waals surface area contributed by atoms with E-state index in [1.807, 2.05) is 0 Å². The molecule has 4 rings (SSSR count). The van der Waals surface area contributed by atoms with E-state index in [9.17, 15) is 4.79 Å². The standard InChI is InChI=1S/C21H28N4OS/c1-16-7-8-18-19(13-16)27-21(22-18)23-20(26)15-25-11-9-24(10-12-25)14-17-5-3-2-4-6-17/h2-6,16H,7-15H2,1H3,(H,22,23,26)/t16-/m1/s1. The van der Waals surface area contributed by atoms with Gasteiger partial charge in [0, 0.05) is 37.6 Å². The zero-order chi connectivity index (χ0) is 18.6. The van der Waals surface area contributed by atoms with Gasteiger partial charge in [0.05, 0.1) is 12.2 Å². The fraction of sp³-hybridized carbons (Fsp3) is 0.524. The van der Waals surface area contributed by atoms with Gasteiger partial charge < -0.3 is 5.32 Å². The van der Waals surface area contributed by atoms with E-state index in [0.717, 1.165) is 56.6 Å². The minimum absolute atomic E-state index is 0.0608. The van der Waals surface area contributed by atoms with Crippen LogP contribution in [0.5, 0.6) is 0 Å². The first-order valence-corrected chi connectivity index (χ1v) is 10.7. The molecule has 0 bridgehead atoms. The number of carbonyl (C=O) groups excluding carboxylic acids is 1. The van der Waals surface area contributed by atoms with Crippen LogP contribution in [0.2, 0.25) is 0 Å². The highest BCUT2D eigenvalue weighted by Gasteiger charge is 2.22. The smallest absolute Gasteiger partial charge is 0.240 e. The molecule has 1 aliphatic heterocycles. The van der Waals surface area contributed by atoms with Crippen molar-refractivity contribution in [2.24, 2.45) is 5.92 Å². The highest BCUT2D eigenvalue weighted by molar-refractivity contribution is 7.15. The average Bonchev–Trinajstić information content (AvgIpc) is 3.05. The predicted octanol–water partition coefficient (Wildman–Crippen LogP) is 3.02. The summed E-state index contributed by atoms with van der Waals surface area (Å²) in [5, 5.41) is 3.80. The van der Waals surface area contributed by atoms with Crippen LogP contribution < -0.4 is 5.32 Å². The van der Waals surface area contributed by atoms with E-state index >= 15 is 0 Å². The van der Waals surface area contributed by atoms with Crippen molar-refractivity contribution in [1.29, 1.82) is 0 Å². The number of aromatic nitrogens is 1. The molecule has 0 spiro atoms. The van der Waals surface area contributed by atoms with Crippen molar-refractivity contribution < 1.29 is 4.79 Å². The fourth-order valence-electron chi connectivity index (χ4n) is 3.90. The number of rotatable bonds is 5. The molecule has 1 atom stereocenters. The molecular weight excluding hydrogens is 356 g/mol. The summed E-state index contributed by atoms with van der Waals surface area (Å²) in [7, 11) is 0. The van der Waals surface area contributed by atoms with E-state index in [0.29, 0.717) is 6.54 Å². The Morgan fingerprint density at radius 2 is 1.93 bits per heavy atom. The largest absolute Gasteiger partial charge is 0.301 e. The molecule has 6 heteroatoms. The summed E-state index contributed by atoms with van der Waals surface area (Å²) in [6.45, 7) is 7.62. The lowest BCUT2D eigenvalue weighted by Gasteiger charge is -2.34. The molecule has 1 aromatic carbocycles. The maximum Gasteiger partial charge on any atom is 0.240 e. The van der Waals surface area contributed by atoms with Crippen molar-refractivity contribution in [3.05, 3.63) is 46.5 Å². The predicted molar refractivity (Wildman–Crippen MR) is 110 cm³/mol.